The average molecular weight is 363 g/mol. The van der Waals surface area contributed by atoms with Gasteiger partial charge in [0.1, 0.15) is 5.75 Å². The Bertz CT molecular complexity index is 668. The zero-order valence-corrected chi connectivity index (χ0v) is 15.2. The topological polar surface area (TPSA) is 80.3 Å². The third-order valence-electron chi connectivity index (χ3n) is 4.58. The Labute approximate surface area is 153 Å². The lowest BCUT2D eigenvalue weighted by Gasteiger charge is -2.42. The highest BCUT2D eigenvalue weighted by Crippen LogP contribution is 2.25. The maximum absolute atomic E-state index is 12.7. The summed E-state index contributed by atoms with van der Waals surface area (Å²) in [6.45, 7) is 4.08. The van der Waals surface area contributed by atoms with Gasteiger partial charge in [-0.25, -0.2) is 4.79 Å². The molecule has 2 aliphatic rings. The largest absolute Gasteiger partial charge is 0.497 e. The molecule has 1 unspecified atom stereocenters. The van der Waals surface area contributed by atoms with Crippen LogP contribution >= 0.6 is 0 Å². The number of methoxy groups -OCH3 is 1. The molecule has 2 fully saturated rings. The van der Waals surface area contributed by atoms with Crippen LogP contribution in [0.2, 0.25) is 0 Å². The molecule has 1 aromatic carbocycles. The normalized spacial score (nSPS) is 23.5. The van der Waals surface area contributed by atoms with Gasteiger partial charge in [0.05, 0.1) is 33.4 Å². The summed E-state index contributed by atoms with van der Waals surface area (Å²) in [7, 11) is 1.58. The summed E-state index contributed by atoms with van der Waals surface area (Å²) < 4.78 is 17.0. The van der Waals surface area contributed by atoms with Crippen LogP contribution in [0.15, 0.2) is 24.3 Å². The highest BCUT2D eigenvalue weighted by Gasteiger charge is 2.42. The Kier molecular flexibility index (Phi) is 5.63. The molecule has 1 atom stereocenters. The Balaban J connectivity index is 1.68. The van der Waals surface area contributed by atoms with Crippen LogP contribution in [-0.4, -0.2) is 74.0 Å². The van der Waals surface area contributed by atoms with Crippen LogP contribution in [0, 0.1) is 0 Å². The molecular formula is C18H25N3O5. The zero-order valence-electron chi connectivity index (χ0n) is 15.2. The molecule has 0 radical (unpaired) electrons. The van der Waals surface area contributed by atoms with E-state index in [0.717, 1.165) is 6.42 Å². The number of rotatable bonds is 2. The van der Waals surface area contributed by atoms with E-state index in [9.17, 15) is 9.59 Å². The molecule has 1 spiro atoms. The van der Waals surface area contributed by atoms with Gasteiger partial charge < -0.3 is 29.3 Å². The SMILES string of the molecule is COc1cccc(NC(=O)N2CCOC3(CN(C(C)=O)CCCO3)C2)c1. The fourth-order valence-electron chi connectivity index (χ4n) is 3.21. The summed E-state index contributed by atoms with van der Waals surface area (Å²) >= 11 is 0. The molecular weight excluding hydrogens is 338 g/mol. The molecule has 0 bridgehead atoms. The summed E-state index contributed by atoms with van der Waals surface area (Å²) in [6, 6.07) is 6.95. The molecule has 0 aromatic heterocycles. The van der Waals surface area contributed by atoms with Crippen LogP contribution < -0.4 is 10.1 Å². The predicted octanol–water partition coefficient (Wildman–Crippen LogP) is 1.52. The standard InChI is InChI=1S/C18H25N3O5/c1-14(22)20-7-4-9-25-18(12-20)13-21(8-10-26-18)17(23)19-15-5-3-6-16(11-15)24-2/h3,5-6,11H,4,7-10,12-13H2,1-2H3,(H,19,23). The van der Waals surface area contributed by atoms with Crippen LogP contribution in [0.3, 0.4) is 0 Å². The monoisotopic (exact) mass is 363 g/mol. The molecule has 3 rings (SSSR count). The number of carbonyl (C=O) groups is 2. The first-order valence-electron chi connectivity index (χ1n) is 8.75. The van der Waals surface area contributed by atoms with E-state index < -0.39 is 5.79 Å². The van der Waals surface area contributed by atoms with Crippen molar-refractivity contribution in [1.82, 2.24) is 9.80 Å². The van der Waals surface area contributed by atoms with Crippen LogP contribution in [0.5, 0.6) is 5.75 Å². The number of urea groups is 1. The molecule has 0 aliphatic carbocycles. The molecule has 0 saturated carbocycles. The number of nitrogens with one attached hydrogen (secondary N) is 1. The summed E-state index contributed by atoms with van der Waals surface area (Å²) in [6.07, 6.45) is 0.751. The number of ether oxygens (including phenoxy) is 3. The number of morpholine rings is 1. The van der Waals surface area contributed by atoms with E-state index in [1.165, 1.54) is 6.92 Å². The Morgan fingerprint density at radius 1 is 1.15 bits per heavy atom. The van der Waals surface area contributed by atoms with E-state index in [2.05, 4.69) is 5.32 Å². The van der Waals surface area contributed by atoms with Crippen LogP contribution in [0.4, 0.5) is 10.5 Å². The van der Waals surface area contributed by atoms with Crippen molar-refractivity contribution in [3.8, 4) is 5.75 Å². The highest BCUT2D eigenvalue weighted by atomic mass is 16.7. The number of nitrogens with zero attached hydrogens (tertiary/aromatic N) is 2. The molecule has 2 aliphatic heterocycles. The molecule has 1 N–H and O–H groups in total. The summed E-state index contributed by atoms with van der Waals surface area (Å²) in [4.78, 5) is 27.9. The van der Waals surface area contributed by atoms with Gasteiger partial charge in [-0.15, -0.1) is 0 Å². The van der Waals surface area contributed by atoms with E-state index in [4.69, 9.17) is 14.2 Å². The van der Waals surface area contributed by atoms with Gasteiger partial charge in [0.2, 0.25) is 11.7 Å². The Morgan fingerprint density at radius 3 is 2.69 bits per heavy atom. The second-order valence-electron chi connectivity index (χ2n) is 6.49. The van der Waals surface area contributed by atoms with Gasteiger partial charge >= 0.3 is 6.03 Å². The molecule has 2 saturated heterocycles. The zero-order chi connectivity index (χ0) is 18.6. The third kappa shape index (κ3) is 4.25. The minimum absolute atomic E-state index is 0.0172. The van der Waals surface area contributed by atoms with Crippen molar-refractivity contribution in [1.29, 1.82) is 0 Å². The van der Waals surface area contributed by atoms with Gasteiger partial charge in [-0.2, -0.15) is 0 Å². The van der Waals surface area contributed by atoms with E-state index >= 15 is 0 Å². The number of anilines is 1. The molecule has 8 heteroatoms. The van der Waals surface area contributed by atoms with Gasteiger partial charge in [-0.1, -0.05) is 6.07 Å². The number of carbonyl (C=O) groups excluding carboxylic acids is 2. The van der Waals surface area contributed by atoms with E-state index in [1.807, 2.05) is 12.1 Å². The third-order valence-corrected chi connectivity index (χ3v) is 4.58. The van der Waals surface area contributed by atoms with Crippen molar-refractivity contribution in [2.24, 2.45) is 0 Å². The first kappa shape index (κ1) is 18.5. The minimum atomic E-state index is -0.966. The maximum atomic E-state index is 12.7. The predicted molar refractivity (Wildman–Crippen MR) is 95.1 cm³/mol. The molecule has 142 valence electrons. The lowest BCUT2D eigenvalue weighted by molar-refractivity contribution is -0.259. The van der Waals surface area contributed by atoms with Crippen molar-refractivity contribution in [2.75, 3.05) is 51.8 Å². The molecule has 2 heterocycles. The smallest absolute Gasteiger partial charge is 0.322 e. The number of amides is 3. The van der Waals surface area contributed by atoms with Crippen LogP contribution in [-0.2, 0) is 14.3 Å². The lowest BCUT2D eigenvalue weighted by atomic mass is 10.2. The van der Waals surface area contributed by atoms with Crippen LogP contribution in [0.25, 0.3) is 0 Å². The Hall–Kier alpha value is -2.32. The van der Waals surface area contributed by atoms with Crippen molar-refractivity contribution in [3.63, 3.8) is 0 Å². The van der Waals surface area contributed by atoms with E-state index in [1.54, 1.807) is 29.0 Å². The van der Waals surface area contributed by atoms with Crippen molar-refractivity contribution < 1.29 is 23.8 Å². The summed E-state index contributed by atoms with van der Waals surface area (Å²) in [5, 5.41) is 2.87. The van der Waals surface area contributed by atoms with Gasteiger partial charge in [-0.05, 0) is 18.6 Å². The van der Waals surface area contributed by atoms with Crippen molar-refractivity contribution in [3.05, 3.63) is 24.3 Å². The molecule has 8 nitrogen and oxygen atoms in total. The van der Waals surface area contributed by atoms with E-state index in [-0.39, 0.29) is 18.5 Å². The quantitative estimate of drug-likeness (QED) is 0.862. The second kappa shape index (κ2) is 7.92. The minimum Gasteiger partial charge on any atom is -0.497 e. The summed E-state index contributed by atoms with van der Waals surface area (Å²) in [5.74, 6) is -0.312. The van der Waals surface area contributed by atoms with Crippen LogP contribution in [0.1, 0.15) is 13.3 Å². The first-order chi connectivity index (χ1) is 12.5. The molecule has 26 heavy (non-hydrogen) atoms. The fraction of sp³-hybridized carbons (Fsp3) is 0.556. The average Bonchev–Trinajstić information content (AvgIpc) is 2.84. The fourth-order valence-corrected chi connectivity index (χ4v) is 3.21. The van der Waals surface area contributed by atoms with Gasteiger partial charge in [0.25, 0.3) is 0 Å². The van der Waals surface area contributed by atoms with Gasteiger partial charge in [0, 0.05) is 31.8 Å². The number of hydrogen-bond donors (Lipinski definition) is 1. The van der Waals surface area contributed by atoms with Gasteiger partial charge in [0.15, 0.2) is 0 Å². The van der Waals surface area contributed by atoms with Crippen molar-refractivity contribution >= 4 is 17.6 Å². The number of hydrogen-bond acceptors (Lipinski definition) is 5. The first-order valence-corrected chi connectivity index (χ1v) is 8.75. The van der Waals surface area contributed by atoms with Gasteiger partial charge in [-0.3, -0.25) is 4.79 Å². The lowest BCUT2D eigenvalue weighted by Crippen LogP contribution is -2.60. The van der Waals surface area contributed by atoms with E-state index in [0.29, 0.717) is 44.3 Å². The maximum Gasteiger partial charge on any atom is 0.322 e. The van der Waals surface area contributed by atoms with Crippen molar-refractivity contribution in [2.45, 2.75) is 19.1 Å². The number of benzene rings is 1. The molecule has 1 aromatic rings. The second-order valence-corrected chi connectivity index (χ2v) is 6.49. The summed E-state index contributed by atoms with van der Waals surface area (Å²) in [5.41, 5.74) is 0.655. The Morgan fingerprint density at radius 2 is 1.92 bits per heavy atom. The highest BCUT2D eigenvalue weighted by molar-refractivity contribution is 5.89. The molecule has 3 amide bonds.